The smallest absolute Gasteiger partial charge is 0.475 e. The molecule has 2 saturated heterocycles. The summed E-state index contributed by atoms with van der Waals surface area (Å²) in [6.45, 7) is 6.77. The van der Waals surface area contributed by atoms with E-state index in [2.05, 4.69) is 31.2 Å². The summed E-state index contributed by atoms with van der Waals surface area (Å²) in [6.07, 6.45) is -5.55. The molecule has 0 radical (unpaired) electrons. The van der Waals surface area contributed by atoms with Gasteiger partial charge in [-0.15, -0.1) is 0 Å². The van der Waals surface area contributed by atoms with Gasteiger partial charge in [-0.2, -0.15) is 39.5 Å². The molecule has 4 N–H and O–H groups in total. The highest BCUT2D eigenvalue weighted by Crippen LogP contribution is 2.42. The second-order valence-corrected chi connectivity index (χ2v) is 9.61. The number of aromatic nitrogens is 3. The van der Waals surface area contributed by atoms with Crippen LogP contribution in [-0.2, 0) is 25.7 Å². The Morgan fingerprint density at radius 2 is 1.39 bits per heavy atom. The molecular formula is C25H28F9N5O7. The molecule has 0 aliphatic carbocycles. The average molecular weight is 682 g/mol. The normalized spacial score (nSPS) is 17.1. The van der Waals surface area contributed by atoms with Crippen LogP contribution in [-0.4, -0.2) is 103 Å². The van der Waals surface area contributed by atoms with Crippen LogP contribution in [0.3, 0.4) is 0 Å². The van der Waals surface area contributed by atoms with Gasteiger partial charge in [0.05, 0.1) is 5.60 Å². The standard InChI is InChI=1S/C19H25N5O.3C2HF3O2/c1-15-9-22-18(23-10-15)21-7-4-17-5-8-25-19(17)13-24(14-19)12-16-3-2-6-20-11-16;3*3-2(4,5)1(6)7/h2-3,6,9-11,17H,4-5,7-8,12-14H2,1H3,(H,21,22,23);3*(H,6,7). The Labute approximate surface area is 254 Å². The number of hydrogen-bond acceptors (Lipinski definition) is 9. The number of aliphatic carboxylic acids is 3. The monoisotopic (exact) mass is 681 g/mol. The van der Waals surface area contributed by atoms with Gasteiger partial charge < -0.3 is 25.4 Å². The second-order valence-electron chi connectivity index (χ2n) is 9.61. The van der Waals surface area contributed by atoms with Crippen molar-refractivity contribution < 1.29 is 74.0 Å². The van der Waals surface area contributed by atoms with E-state index in [0.717, 1.165) is 51.2 Å². The lowest BCUT2D eigenvalue weighted by Gasteiger charge is -2.50. The highest BCUT2D eigenvalue weighted by atomic mass is 19.4. The van der Waals surface area contributed by atoms with Crippen LogP contribution < -0.4 is 5.32 Å². The van der Waals surface area contributed by atoms with E-state index in [1.54, 1.807) is 0 Å². The van der Waals surface area contributed by atoms with Crippen molar-refractivity contribution in [2.24, 2.45) is 5.92 Å². The van der Waals surface area contributed by atoms with Gasteiger partial charge in [-0.25, -0.2) is 24.4 Å². The third-order valence-corrected chi connectivity index (χ3v) is 6.00. The van der Waals surface area contributed by atoms with Crippen molar-refractivity contribution in [3.63, 3.8) is 0 Å². The maximum absolute atomic E-state index is 10.6. The fourth-order valence-electron chi connectivity index (χ4n) is 3.96. The van der Waals surface area contributed by atoms with E-state index in [9.17, 15) is 39.5 Å². The number of likely N-dealkylation sites (tertiary alicyclic amines) is 1. The molecule has 2 fully saturated rings. The molecule has 258 valence electrons. The molecule has 2 aromatic rings. The van der Waals surface area contributed by atoms with Crippen LogP contribution in [0.2, 0.25) is 0 Å². The average Bonchev–Trinajstić information content (AvgIpc) is 3.33. The van der Waals surface area contributed by atoms with Gasteiger partial charge in [-0.1, -0.05) is 6.07 Å². The van der Waals surface area contributed by atoms with E-state index in [1.807, 2.05) is 37.8 Å². The van der Waals surface area contributed by atoms with Gasteiger partial charge in [-0.3, -0.25) is 9.88 Å². The molecule has 21 heteroatoms. The number of anilines is 1. The van der Waals surface area contributed by atoms with Crippen molar-refractivity contribution in [2.45, 2.75) is 50.4 Å². The van der Waals surface area contributed by atoms with E-state index < -0.39 is 36.4 Å². The summed E-state index contributed by atoms with van der Waals surface area (Å²) in [6, 6.07) is 4.13. The Hall–Kier alpha value is -4.27. The van der Waals surface area contributed by atoms with Crippen LogP contribution in [0.15, 0.2) is 36.9 Å². The Balaban J connectivity index is 0.000000413. The Bertz CT molecular complexity index is 1200. The number of rotatable bonds is 6. The SMILES string of the molecule is Cc1cnc(NCCC2CCOC23CN(Cc2cccnc2)C3)nc1.O=C(O)C(F)(F)F.O=C(O)C(F)(F)F.O=C(O)C(F)(F)F. The zero-order chi connectivity index (χ0) is 35.3. The summed E-state index contributed by atoms with van der Waals surface area (Å²) >= 11 is 0. The largest absolute Gasteiger partial charge is 0.490 e. The fraction of sp³-hybridized carbons (Fsp3) is 0.520. The van der Waals surface area contributed by atoms with Gasteiger partial charge in [0, 0.05) is 57.6 Å². The summed E-state index contributed by atoms with van der Waals surface area (Å²) in [5, 5.41) is 24.7. The van der Waals surface area contributed by atoms with Crippen molar-refractivity contribution in [3.05, 3.63) is 48.0 Å². The zero-order valence-electron chi connectivity index (χ0n) is 23.7. The van der Waals surface area contributed by atoms with Crippen molar-refractivity contribution in [1.29, 1.82) is 0 Å². The second kappa shape index (κ2) is 16.9. The molecule has 12 nitrogen and oxygen atoms in total. The molecule has 46 heavy (non-hydrogen) atoms. The Morgan fingerprint density at radius 1 is 0.913 bits per heavy atom. The fourth-order valence-corrected chi connectivity index (χ4v) is 3.96. The van der Waals surface area contributed by atoms with Gasteiger partial charge in [-0.05, 0) is 42.9 Å². The minimum absolute atomic E-state index is 0.0536. The van der Waals surface area contributed by atoms with Gasteiger partial charge in [0.2, 0.25) is 5.95 Å². The van der Waals surface area contributed by atoms with Crippen molar-refractivity contribution in [1.82, 2.24) is 19.9 Å². The molecule has 1 spiro atoms. The van der Waals surface area contributed by atoms with Crippen molar-refractivity contribution >= 4 is 23.9 Å². The molecule has 4 rings (SSSR count). The summed E-state index contributed by atoms with van der Waals surface area (Å²) in [4.78, 5) is 41.9. The number of aryl methyl sites for hydroxylation is 1. The predicted molar refractivity (Wildman–Crippen MR) is 137 cm³/mol. The van der Waals surface area contributed by atoms with Crippen LogP contribution in [0.5, 0.6) is 0 Å². The van der Waals surface area contributed by atoms with Crippen LogP contribution in [0.4, 0.5) is 45.5 Å². The minimum atomic E-state index is -5.08. The number of carboxylic acids is 3. The zero-order valence-corrected chi connectivity index (χ0v) is 23.7. The van der Waals surface area contributed by atoms with E-state index in [4.69, 9.17) is 34.4 Å². The van der Waals surface area contributed by atoms with E-state index in [0.29, 0.717) is 11.9 Å². The van der Waals surface area contributed by atoms with Crippen LogP contribution in [0.25, 0.3) is 0 Å². The third-order valence-electron chi connectivity index (χ3n) is 6.00. The van der Waals surface area contributed by atoms with Crippen LogP contribution in [0.1, 0.15) is 24.0 Å². The summed E-state index contributed by atoms with van der Waals surface area (Å²) in [5.74, 6) is -6.95. The number of alkyl halides is 9. The quantitative estimate of drug-likeness (QED) is 0.321. The van der Waals surface area contributed by atoms with Crippen molar-refractivity contribution in [2.75, 3.05) is 31.6 Å². The highest BCUT2D eigenvalue weighted by Gasteiger charge is 2.52. The molecule has 0 saturated carbocycles. The number of nitrogens with zero attached hydrogens (tertiary/aromatic N) is 4. The first-order chi connectivity index (χ1) is 21.1. The number of nitrogens with one attached hydrogen (secondary N) is 1. The number of hydrogen-bond donors (Lipinski definition) is 4. The van der Waals surface area contributed by atoms with E-state index in [-0.39, 0.29) is 5.60 Å². The van der Waals surface area contributed by atoms with Gasteiger partial charge in [0.15, 0.2) is 0 Å². The first-order valence-corrected chi connectivity index (χ1v) is 12.7. The van der Waals surface area contributed by atoms with E-state index in [1.165, 1.54) is 5.56 Å². The maximum Gasteiger partial charge on any atom is 0.490 e. The van der Waals surface area contributed by atoms with Gasteiger partial charge >= 0.3 is 36.4 Å². The maximum atomic E-state index is 10.6. The lowest BCUT2D eigenvalue weighted by Crippen LogP contribution is -2.64. The minimum Gasteiger partial charge on any atom is -0.475 e. The molecule has 4 heterocycles. The highest BCUT2D eigenvalue weighted by molar-refractivity contribution is 5.73. The number of carboxylic acid groups (broad SMARTS) is 3. The molecule has 2 aliphatic heterocycles. The number of pyridine rings is 1. The lowest BCUT2D eigenvalue weighted by molar-refractivity contribution is -0.193. The van der Waals surface area contributed by atoms with Crippen LogP contribution in [0, 0.1) is 12.8 Å². The Kier molecular flexibility index (Phi) is 14.6. The topological polar surface area (TPSA) is 175 Å². The van der Waals surface area contributed by atoms with Gasteiger partial charge in [0.25, 0.3) is 0 Å². The molecular weight excluding hydrogens is 653 g/mol. The summed E-state index contributed by atoms with van der Waals surface area (Å²) in [7, 11) is 0. The molecule has 0 amide bonds. The Morgan fingerprint density at radius 3 is 1.80 bits per heavy atom. The van der Waals surface area contributed by atoms with Gasteiger partial charge in [0.1, 0.15) is 0 Å². The molecule has 0 aromatic carbocycles. The molecule has 2 aromatic heterocycles. The van der Waals surface area contributed by atoms with E-state index >= 15 is 0 Å². The molecule has 1 atom stereocenters. The van der Waals surface area contributed by atoms with Crippen molar-refractivity contribution in [3.8, 4) is 0 Å². The summed E-state index contributed by atoms with van der Waals surface area (Å²) in [5.41, 5.74) is 2.40. The number of halogens is 9. The number of ether oxygens (including phenoxy) is 1. The molecule has 0 bridgehead atoms. The lowest BCUT2D eigenvalue weighted by atomic mass is 9.79. The first-order valence-electron chi connectivity index (χ1n) is 12.7. The summed E-state index contributed by atoms with van der Waals surface area (Å²) < 4.78 is 101. The third kappa shape index (κ3) is 14.2. The molecule has 2 aliphatic rings. The predicted octanol–water partition coefficient (Wildman–Crippen LogP) is 4.17. The molecule has 1 unspecified atom stereocenters. The van der Waals surface area contributed by atoms with Crippen LogP contribution >= 0.6 is 0 Å². The number of carbonyl (C=O) groups is 3. The first kappa shape index (κ1) is 39.8.